The molecule has 1 aromatic heterocycles. The van der Waals surface area contributed by atoms with E-state index >= 15 is 0 Å². The third kappa shape index (κ3) is 0.973. The van der Waals surface area contributed by atoms with Crippen LogP contribution in [0, 0.1) is 6.07 Å². The Kier molecular flexibility index (Phi) is 1.47. The Morgan fingerprint density at radius 2 is 1.86 bits per heavy atom. The van der Waals surface area contributed by atoms with Gasteiger partial charge in [-0.3, -0.25) is 9.97 Å². The van der Waals surface area contributed by atoms with E-state index in [-0.39, 0.29) is 0 Å². The van der Waals surface area contributed by atoms with Crippen LogP contribution in [0.4, 0.5) is 0 Å². The summed E-state index contributed by atoms with van der Waals surface area (Å²) < 4.78 is 0. The fourth-order valence-corrected chi connectivity index (χ4v) is 1.63. The molecule has 1 heterocycles. The fourth-order valence-electron chi connectivity index (χ4n) is 1.63. The number of fused-ring (bicyclic) bond motifs is 3. The highest BCUT2D eigenvalue weighted by Gasteiger charge is 2.00. The molecule has 0 aliphatic heterocycles. The molecule has 65 valence electrons. The summed E-state index contributed by atoms with van der Waals surface area (Å²) in [6.45, 7) is 0. The molecule has 2 heteroatoms. The van der Waals surface area contributed by atoms with Crippen LogP contribution in [0.15, 0.2) is 42.7 Å². The molecule has 0 atom stereocenters. The van der Waals surface area contributed by atoms with E-state index in [0.29, 0.717) is 0 Å². The highest BCUT2D eigenvalue weighted by molar-refractivity contribution is 6.03. The second-order valence-corrected chi connectivity index (χ2v) is 3.13. The summed E-state index contributed by atoms with van der Waals surface area (Å²) in [6.07, 6.45) is 3.40. The molecule has 2 nitrogen and oxygen atoms in total. The van der Waals surface area contributed by atoms with Gasteiger partial charge in [-0.15, -0.1) is 0 Å². The molecule has 2 aromatic carbocycles. The van der Waals surface area contributed by atoms with Crippen LogP contribution in [-0.4, -0.2) is 9.97 Å². The average Bonchev–Trinajstić information content (AvgIpc) is 2.29. The summed E-state index contributed by atoms with van der Waals surface area (Å²) in [5.74, 6) is 0. The normalized spacial score (nSPS) is 10.9. The summed E-state index contributed by atoms with van der Waals surface area (Å²) in [4.78, 5) is 8.53. The number of rotatable bonds is 0. The molecule has 0 spiro atoms. The zero-order valence-corrected chi connectivity index (χ0v) is 7.44. The van der Waals surface area contributed by atoms with Gasteiger partial charge in [-0.2, -0.15) is 0 Å². The summed E-state index contributed by atoms with van der Waals surface area (Å²) >= 11 is 0. The molecule has 0 saturated carbocycles. The molecule has 3 aromatic rings. The number of benzene rings is 2. The van der Waals surface area contributed by atoms with Crippen LogP contribution in [0.5, 0.6) is 0 Å². The molecule has 0 amide bonds. The minimum atomic E-state index is 0.825. The lowest BCUT2D eigenvalue weighted by atomic mass is 10.1. The quantitative estimate of drug-likeness (QED) is 0.496. The molecule has 0 bridgehead atoms. The Labute approximate surface area is 81.2 Å². The maximum Gasteiger partial charge on any atom is 0.0972 e. The second-order valence-electron chi connectivity index (χ2n) is 3.13. The van der Waals surface area contributed by atoms with Gasteiger partial charge in [-0.1, -0.05) is 24.3 Å². The van der Waals surface area contributed by atoms with Crippen LogP contribution < -0.4 is 0 Å². The third-order valence-electron chi connectivity index (χ3n) is 2.28. The molecule has 0 fully saturated rings. The highest BCUT2D eigenvalue weighted by Crippen LogP contribution is 2.20. The van der Waals surface area contributed by atoms with Crippen molar-refractivity contribution in [3.8, 4) is 0 Å². The number of hydrogen-bond donors (Lipinski definition) is 0. The van der Waals surface area contributed by atoms with Crippen molar-refractivity contribution in [2.24, 2.45) is 0 Å². The maximum atomic E-state index is 4.32. The molecule has 0 aliphatic carbocycles. The van der Waals surface area contributed by atoms with Gasteiger partial charge in [0.1, 0.15) is 0 Å². The SMILES string of the molecule is [c]1cc2ccccc2c2nccnc12. The van der Waals surface area contributed by atoms with Gasteiger partial charge in [0.25, 0.3) is 0 Å². The van der Waals surface area contributed by atoms with E-state index in [4.69, 9.17) is 0 Å². The van der Waals surface area contributed by atoms with Crippen LogP contribution in [0.3, 0.4) is 0 Å². The topological polar surface area (TPSA) is 25.8 Å². The fraction of sp³-hybridized carbons (Fsp3) is 0. The van der Waals surface area contributed by atoms with E-state index in [1.54, 1.807) is 12.4 Å². The lowest BCUT2D eigenvalue weighted by Gasteiger charge is -2.00. The van der Waals surface area contributed by atoms with Crippen molar-refractivity contribution in [3.63, 3.8) is 0 Å². The molecule has 0 saturated heterocycles. The third-order valence-corrected chi connectivity index (χ3v) is 2.28. The predicted octanol–water partition coefficient (Wildman–Crippen LogP) is 2.58. The standard InChI is InChI=1S/C12H7N2/c1-2-4-10-9(3-1)5-6-11-12(10)14-8-7-13-11/h1-5,7-8H. The van der Waals surface area contributed by atoms with Crippen molar-refractivity contribution in [1.82, 2.24) is 9.97 Å². The Morgan fingerprint density at radius 3 is 2.86 bits per heavy atom. The number of hydrogen-bond acceptors (Lipinski definition) is 2. The lowest BCUT2D eigenvalue weighted by molar-refractivity contribution is 1.30. The average molecular weight is 179 g/mol. The monoisotopic (exact) mass is 179 g/mol. The molecule has 14 heavy (non-hydrogen) atoms. The van der Waals surface area contributed by atoms with Crippen molar-refractivity contribution in [1.29, 1.82) is 0 Å². The van der Waals surface area contributed by atoms with Crippen molar-refractivity contribution in [3.05, 3.63) is 48.8 Å². The van der Waals surface area contributed by atoms with Crippen LogP contribution in [0.2, 0.25) is 0 Å². The van der Waals surface area contributed by atoms with Gasteiger partial charge in [0.15, 0.2) is 0 Å². The maximum absolute atomic E-state index is 4.32. The first-order chi connectivity index (χ1) is 6.95. The van der Waals surface area contributed by atoms with Gasteiger partial charge in [-0.25, -0.2) is 0 Å². The van der Waals surface area contributed by atoms with Crippen molar-refractivity contribution in [2.75, 3.05) is 0 Å². The zero-order valence-electron chi connectivity index (χ0n) is 7.44. The van der Waals surface area contributed by atoms with Gasteiger partial charge in [0.2, 0.25) is 0 Å². The Morgan fingerprint density at radius 1 is 1.00 bits per heavy atom. The first-order valence-electron chi connectivity index (χ1n) is 4.45. The summed E-state index contributed by atoms with van der Waals surface area (Å²) in [6, 6.07) is 13.2. The van der Waals surface area contributed by atoms with Crippen molar-refractivity contribution >= 4 is 21.8 Å². The van der Waals surface area contributed by atoms with Gasteiger partial charge >= 0.3 is 0 Å². The van der Waals surface area contributed by atoms with E-state index in [1.165, 1.54) is 0 Å². The lowest BCUT2D eigenvalue weighted by Crippen LogP contribution is -1.83. The molecule has 0 N–H and O–H groups in total. The number of aromatic nitrogens is 2. The molecule has 3 rings (SSSR count). The van der Waals surface area contributed by atoms with Crippen LogP contribution in [0.1, 0.15) is 0 Å². The smallest absolute Gasteiger partial charge is 0.0972 e. The Balaban J connectivity index is 2.61. The molecular weight excluding hydrogens is 172 g/mol. The van der Waals surface area contributed by atoms with Gasteiger partial charge < -0.3 is 0 Å². The molecule has 1 radical (unpaired) electrons. The van der Waals surface area contributed by atoms with Gasteiger partial charge in [0, 0.05) is 23.8 Å². The van der Waals surface area contributed by atoms with E-state index in [0.717, 1.165) is 21.8 Å². The van der Waals surface area contributed by atoms with E-state index in [9.17, 15) is 0 Å². The minimum absolute atomic E-state index is 0.825. The summed E-state index contributed by atoms with van der Waals surface area (Å²) in [5.41, 5.74) is 1.75. The van der Waals surface area contributed by atoms with Gasteiger partial charge in [-0.05, 0) is 11.5 Å². The van der Waals surface area contributed by atoms with E-state index in [2.05, 4.69) is 28.2 Å². The zero-order chi connectivity index (χ0) is 9.38. The van der Waals surface area contributed by atoms with Crippen LogP contribution in [-0.2, 0) is 0 Å². The van der Waals surface area contributed by atoms with Crippen LogP contribution in [0.25, 0.3) is 21.8 Å². The van der Waals surface area contributed by atoms with E-state index in [1.807, 2.05) is 18.2 Å². The first kappa shape index (κ1) is 7.44. The molecular formula is C12H7N2. The molecule has 0 aliphatic rings. The van der Waals surface area contributed by atoms with Crippen molar-refractivity contribution < 1.29 is 0 Å². The highest BCUT2D eigenvalue weighted by atomic mass is 14.8. The summed E-state index contributed by atoms with van der Waals surface area (Å²) in [7, 11) is 0. The molecule has 0 unspecified atom stereocenters. The Hall–Kier alpha value is -1.96. The van der Waals surface area contributed by atoms with E-state index < -0.39 is 0 Å². The second kappa shape index (κ2) is 2.77. The minimum Gasteiger partial charge on any atom is -0.252 e. The van der Waals surface area contributed by atoms with Crippen molar-refractivity contribution in [2.45, 2.75) is 0 Å². The first-order valence-corrected chi connectivity index (χ1v) is 4.45. The summed E-state index contributed by atoms with van der Waals surface area (Å²) in [5, 5.41) is 2.29. The largest absolute Gasteiger partial charge is 0.252 e. The predicted molar refractivity (Wildman–Crippen MR) is 55.9 cm³/mol. The van der Waals surface area contributed by atoms with Gasteiger partial charge in [0.05, 0.1) is 11.0 Å². The van der Waals surface area contributed by atoms with Crippen LogP contribution >= 0.6 is 0 Å². The Bertz CT molecular complexity index is 547. The number of nitrogens with zero attached hydrogens (tertiary/aromatic N) is 2.